The highest BCUT2D eigenvalue weighted by Crippen LogP contribution is 2.36. The lowest BCUT2D eigenvalue weighted by atomic mass is 9.78. The fourth-order valence-corrected chi connectivity index (χ4v) is 3.54. The summed E-state index contributed by atoms with van der Waals surface area (Å²) in [6, 6.07) is 11.6. The van der Waals surface area contributed by atoms with Gasteiger partial charge in [-0.05, 0) is 80.7 Å². The molecule has 1 aliphatic heterocycles. The second-order valence-electron chi connectivity index (χ2n) is 8.89. The first-order valence-electron chi connectivity index (χ1n) is 10.3. The molecule has 4 rings (SSSR count). The van der Waals surface area contributed by atoms with Gasteiger partial charge in [-0.25, -0.2) is 9.89 Å². The Kier molecular flexibility index (Phi) is 5.27. The van der Waals surface area contributed by atoms with Crippen molar-refractivity contribution in [2.75, 3.05) is 0 Å². The van der Waals surface area contributed by atoms with Crippen LogP contribution in [0.3, 0.4) is 0 Å². The summed E-state index contributed by atoms with van der Waals surface area (Å²) in [7, 11) is -0.417. The average molecular weight is 422 g/mol. The Labute approximate surface area is 181 Å². The minimum Gasteiger partial charge on any atom is -0.489 e. The van der Waals surface area contributed by atoms with Crippen LogP contribution in [-0.4, -0.2) is 38.5 Å². The summed E-state index contributed by atoms with van der Waals surface area (Å²) in [5.74, 6) is 0.752. The number of H-pyrrole nitrogens is 1. The predicted octanol–water partition coefficient (Wildman–Crippen LogP) is 2.45. The lowest BCUT2D eigenvalue weighted by Crippen LogP contribution is -2.41. The van der Waals surface area contributed by atoms with E-state index in [0.29, 0.717) is 5.69 Å². The van der Waals surface area contributed by atoms with E-state index in [-0.39, 0.29) is 17.8 Å². The van der Waals surface area contributed by atoms with Gasteiger partial charge >= 0.3 is 12.8 Å². The lowest BCUT2D eigenvalue weighted by molar-refractivity contribution is 0.00578. The monoisotopic (exact) mass is 422 g/mol. The number of rotatable bonds is 5. The third-order valence-electron chi connectivity index (χ3n) is 6.18. The minimum atomic E-state index is -0.417. The van der Waals surface area contributed by atoms with Crippen LogP contribution in [0.15, 0.2) is 41.2 Å². The molecule has 2 aromatic carbocycles. The van der Waals surface area contributed by atoms with Crippen LogP contribution in [0.1, 0.15) is 44.4 Å². The summed E-state index contributed by atoms with van der Waals surface area (Å²) < 4.78 is 19.7. The van der Waals surface area contributed by atoms with Crippen molar-refractivity contribution in [3.63, 3.8) is 0 Å². The summed E-state index contributed by atoms with van der Waals surface area (Å²) in [6.45, 7) is 12.4. The molecule has 31 heavy (non-hydrogen) atoms. The van der Waals surface area contributed by atoms with E-state index in [0.717, 1.165) is 27.9 Å². The SMILES string of the molecule is Cc1cc(B2OC(C)(C)C(C)(C)O2)ccc1OCc1c(C)cccc1-n1nn[nH]c1=O. The molecule has 0 radical (unpaired) electrons. The molecule has 9 heteroatoms. The standard InChI is InChI=1S/C22H27BN4O4/c1-14-8-7-9-18(27-20(28)24-25-26-27)17(14)13-29-19-11-10-16(12-15(19)2)23-30-21(3,4)22(5,6)31-23/h7-12H,13H2,1-6H3,(H,24,26,28). The zero-order valence-corrected chi connectivity index (χ0v) is 18.7. The molecule has 0 aliphatic carbocycles. The van der Waals surface area contributed by atoms with E-state index in [2.05, 4.69) is 15.5 Å². The van der Waals surface area contributed by atoms with Gasteiger partial charge in [0, 0.05) is 5.56 Å². The first-order chi connectivity index (χ1) is 14.6. The zero-order valence-electron chi connectivity index (χ0n) is 18.7. The molecule has 1 saturated heterocycles. The molecule has 3 aromatic rings. The van der Waals surface area contributed by atoms with Crippen LogP contribution >= 0.6 is 0 Å². The molecule has 2 heterocycles. The Balaban J connectivity index is 1.55. The van der Waals surface area contributed by atoms with Gasteiger partial charge in [0.2, 0.25) is 0 Å². The predicted molar refractivity (Wildman–Crippen MR) is 118 cm³/mol. The number of aryl methyl sites for hydroxylation is 2. The average Bonchev–Trinajstić information content (AvgIpc) is 3.21. The van der Waals surface area contributed by atoms with E-state index in [1.807, 2.05) is 77.9 Å². The maximum Gasteiger partial charge on any atom is 0.494 e. The fourth-order valence-electron chi connectivity index (χ4n) is 3.54. The molecule has 0 bridgehead atoms. The van der Waals surface area contributed by atoms with Gasteiger partial charge in [0.25, 0.3) is 0 Å². The maximum atomic E-state index is 12.0. The van der Waals surface area contributed by atoms with Crippen molar-refractivity contribution >= 4 is 12.6 Å². The van der Waals surface area contributed by atoms with Crippen molar-refractivity contribution in [1.29, 1.82) is 0 Å². The first-order valence-corrected chi connectivity index (χ1v) is 10.3. The van der Waals surface area contributed by atoms with Crippen molar-refractivity contribution in [2.45, 2.75) is 59.4 Å². The zero-order chi connectivity index (χ0) is 22.4. The van der Waals surface area contributed by atoms with Crippen LogP contribution in [0.25, 0.3) is 5.69 Å². The molecule has 1 aromatic heterocycles. The van der Waals surface area contributed by atoms with Crippen LogP contribution < -0.4 is 15.9 Å². The van der Waals surface area contributed by atoms with Gasteiger partial charge in [0.15, 0.2) is 0 Å². The molecular formula is C22H27BN4O4. The Morgan fingerprint density at radius 2 is 1.77 bits per heavy atom. The van der Waals surface area contributed by atoms with E-state index in [9.17, 15) is 4.79 Å². The lowest BCUT2D eigenvalue weighted by Gasteiger charge is -2.32. The number of aromatic nitrogens is 4. The number of ether oxygens (including phenoxy) is 1. The van der Waals surface area contributed by atoms with E-state index < -0.39 is 12.8 Å². The van der Waals surface area contributed by atoms with E-state index in [1.165, 1.54) is 4.68 Å². The van der Waals surface area contributed by atoms with E-state index >= 15 is 0 Å². The molecule has 162 valence electrons. The van der Waals surface area contributed by atoms with Crippen molar-refractivity contribution in [3.8, 4) is 11.4 Å². The number of benzene rings is 2. The Morgan fingerprint density at radius 1 is 1.06 bits per heavy atom. The Bertz CT molecular complexity index is 1150. The summed E-state index contributed by atoms with van der Waals surface area (Å²) in [4.78, 5) is 12.0. The summed E-state index contributed by atoms with van der Waals surface area (Å²) in [5, 5.41) is 9.76. The second-order valence-corrected chi connectivity index (χ2v) is 8.89. The Hall–Kier alpha value is -2.91. The topological polar surface area (TPSA) is 91.3 Å². The number of aromatic amines is 1. The highest BCUT2D eigenvalue weighted by molar-refractivity contribution is 6.62. The van der Waals surface area contributed by atoms with Gasteiger partial charge < -0.3 is 14.0 Å². The summed E-state index contributed by atoms with van der Waals surface area (Å²) in [6.07, 6.45) is 0. The smallest absolute Gasteiger partial charge is 0.489 e. The molecule has 0 saturated carbocycles. The quantitative estimate of drug-likeness (QED) is 0.636. The van der Waals surface area contributed by atoms with Gasteiger partial charge in [-0.3, -0.25) is 0 Å². The van der Waals surface area contributed by atoms with Crippen LogP contribution in [-0.2, 0) is 15.9 Å². The van der Waals surface area contributed by atoms with Crippen molar-refractivity contribution < 1.29 is 14.0 Å². The minimum absolute atomic E-state index is 0.290. The van der Waals surface area contributed by atoms with Crippen LogP contribution in [0, 0.1) is 13.8 Å². The molecule has 0 unspecified atom stereocenters. The van der Waals surface area contributed by atoms with E-state index in [4.69, 9.17) is 14.0 Å². The molecule has 0 amide bonds. The highest BCUT2D eigenvalue weighted by atomic mass is 16.7. The number of hydrogen-bond acceptors (Lipinski definition) is 6. The maximum absolute atomic E-state index is 12.0. The molecular weight excluding hydrogens is 395 g/mol. The normalized spacial score (nSPS) is 17.2. The van der Waals surface area contributed by atoms with Crippen molar-refractivity contribution in [3.05, 3.63) is 63.6 Å². The molecule has 1 fully saturated rings. The third kappa shape index (κ3) is 3.91. The van der Waals surface area contributed by atoms with Gasteiger partial charge in [-0.2, -0.15) is 4.68 Å². The van der Waals surface area contributed by atoms with Crippen molar-refractivity contribution in [1.82, 2.24) is 20.2 Å². The number of nitrogens with one attached hydrogen (secondary N) is 1. The van der Waals surface area contributed by atoms with Crippen molar-refractivity contribution in [2.24, 2.45) is 0 Å². The fraction of sp³-hybridized carbons (Fsp3) is 0.409. The van der Waals surface area contributed by atoms with Gasteiger partial charge in [0.1, 0.15) is 12.4 Å². The summed E-state index contributed by atoms with van der Waals surface area (Å²) >= 11 is 0. The number of tetrazole rings is 1. The first kappa shape index (κ1) is 21.3. The Morgan fingerprint density at radius 3 is 2.39 bits per heavy atom. The molecule has 1 N–H and O–H groups in total. The van der Waals surface area contributed by atoms with Gasteiger partial charge in [-0.1, -0.05) is 24.3 Å². The molecule has 0 spiro atoms. The van der Waals surface area contributed by atoms with Gasteiger partial charge in [-0.15, -0.1) is 0 Å². The highest BCUT2D eigenvalue weighted by Gasteiger charge is 2.51. The largest absolute Gasteiger partial charge is 0.494 e. The van der Waals surface area contributed by atoms with Crippen LogP contribution in [0.2, 0.25) is 0 Å². The molecule has 0 atom stereocenters. The van der Waals surface area contributed by atoms with Crippen LogP contribution in [0.5, 0.6) is 5.75 Å². The molecule has 1 aliphatic rings. The second kappa shape index (κ2) is 7.65. The third-order valence-corrected chi connectivity index (χ3v) is 6.18. The van der Waals surface area contributed by atoms with Gasteiger partial charge in [0.05, 0.1) is 16.9 Å². The summed E-state index contributed by atoms with van der Waals surface area (Å²) in [5.41, 5.74) is 3.27. The van der Waals surface area contributed by atoms with E-state index in [1.54, 1.807) is 0 Å². The van der Waals surface area contributed by atoms with Crippen LogP contribution in [0.4, 0.5) is 0 Å². The molecule has 8 nitrogen and oxygen atoms in total. The number of nitrogens with zero attached hydrogens (tertiary/aromatic N) is 3. The number of hydrogen-bond donors (Lipinski definition) is 1.